The molecule has 24 heavy (non-hydrogen) atoms. The Morgan fingerprint density at radius 3 is 2.79 bits per heavy atom. The smallest absolute Gasteiger partial charge is 0.188 e. The van der Waals surface area contributed by atoms with Crippen molar-refractivity contribution in [2.24, 2.45) is 10.7 Å². The number of guanidine groups is 1. The quantitative estimate of drug-likeness (QED) is 0.410. The first-order chi connectivity index (χ1) is 11.7. The van der Waals surface area contributed by atoms with Gasteiger partial charge in [-0.15, -0.1) is 0 Å². The van der Waals surface area contributed by atoms with E-state index < -0.39 is 0 Å². The number of benzene rings is 1. The van der Waals surface area contributed by atoms with Crippen LogP contribution in [0, 0.1) is 0 Å². The molecule has 0 amide bonds. The van der Waals surface area contributed by atoms with Crippen molar-refractivity contribution in [3.05, 3.63) is 24.3 Å². The second-order valence-electron chi connectivity index (χ2n) is 5.95. The van der Waals surface area contributed by atoms with Crippen LogP contribution in [-0.4, -0.2) is 56.8 Å². The predicted octanol–water partition coefficient (Wildman–Crippen LogP) is 1.85. The number of nitrogens with zero attached hydrogens (tertiary/aromatic N) is 2. The van der Waals surface area contributed by atoms with Crippen LogP contribution in [0.5, 0.6) is 11.5 Å². The summed E-state index contributed by atoms with van der Waals surface area (Å²) in [6.45, 7) is 6.66. The number of ether oxygens (including phenoxy) is 2. The van der Waals surface area contributed by atoms with Crippen LogP contribution >= 0.6 is 0 Å². The molecule has 1 aromatic carbocycles. The molecule has 6 nitrogen and oxygen atoms in total. The molecule has 0 bridgehead atoms. The average molecular weight is 334 g/mol. The van der Waals surface area contributed by atoms with E-state index in [2.05, 4.69) is 22.1 Å². The van der Waals surface area contributed by atoms with Crippen LogP contribution in [0.25, 0.3) is 0 Å². The normalized spacial score (nSPS) is 18.6. The number of hydrogen-bond acceptors (Lipinski definition) is 4. The minimum atomic E-state index is 0.530. The van der Waals surface area contributed by atoms with Gasteiger partial charge in [-0.05, 0) is 56.6 Å². The molecule has 1 aromatic rings. The molecule has 1 unspecified atom stereocenters. The van der Waals surface area contributed by atoms with Crippen molar-refractivity contribution in [1.29, 1.82) is 0 Å². The fourth-order valence-electron chi connectivity index (χ4n) is 2.93. The summed E-state index contributed by atoms with van der Waals surface area (Å²) in [6.07, 6.45) is 3.36. The van der Waals surface area contributed by atoms with Crippen molar-refractivity contribution in [1.82, 2.24) is 10.2 Å². The van der Waals surface area contributed by atoms with Gasteiger partial charge in [-0.1, -0.05) is 6.92 Å². The van der Waals surface area contributed by atoms with E-state index in [1.54, 1.807) is 7.11 Å². The minimum Gasteiger partial charge on any atom is -0.497 e. The Kier molecular flexibility index (Phi) is 7.68. The number of likely N-dealkylation sites (tertiary alicyclic amines) is 1. The second kappa shape index (κ2) is 10.0. The standard InChI is InChI=1S/C18H30N4O2/c1-3-22-12-4-6-15(22)14-21-18(19)20-11-5-13-24-17-9-7-16(23-2)8-10-17/h7-10,15H,3-6,11-14H2,1-2H3,(H3,19,20,21). The van der Waals surface area contributed by atoms with E-state index in [4.69, 9.17) is 15.2 Å². The number of aliphatic imine (C=N–C) groups is 1. The number of nitrogens with two attached hydrogens (primary N) is 1. The molecule has 0 aromatic heterocycles. The first-order valence-corrected chi connectivity index (χ1v) is 8.77. The fourth-order valence-corrected chi connectivity index (χ4v) is 2.93. The number of rotatable bonds is 9. The number of nitrogens with one attached hydrogen (secondary N) is 1. The molecule has 134 valence electrons. The van der Waals surface area contributed by atoms with E-state index in [0.29, 0.717) is 18.6 Å². The summed E-state index contributed by atoms with van der Waals surface area (Å²) in [4.78, 5) is 6.94. The zero-order chi connectivity index (χ0) is 17.2. The zero-order valence-corrected chi connectivity index (χ0v) is 14.8. The van der Waals surface area contributed by atoms with Gasteiger partial charge in [0.2, 0.25) is 0 Å². The van der Waals surface area contributed by atoms with E-state index >= 15 is 0 Å². The molecule has 3 N–H and O–H groups in total. The number of hydrogen-bond donors (Lipinski definition) is 2. The lowest BCUT2D eigenvalue weighted by Gasteiger charge is -2.20. The lowest BCUT2D eigenvalue weighted by Crippen LogP contribution is -2.36. The molecule has 1 atom stereocenters. The van der Waals surface area contributed by atoms with Crippen molar-refractivity contribution < 1.29 is 9.47 Å². The van der Waals surface area contributed by atoms with Gasteiger partial charge in [0.05, 0.1) is 20.3 Å². The lowest BCUT2D eigenvalue weighted by atomic mass is 10.2. The summed E-state index contributed by atoms with van der Waals surface area (Å²) < 4.78 is 10.8. The molecule has 6 heteroatoms. The highest BCUT2D eigenvalue weighted by Gasteiger charge is 2.22. The van der Waals surface area contributed by atoms with Crippen molar-refractivity contribution in [2.45, 2.75) is 32.2 Å². The highest BCUT2D eigenvalue weighted by atomic mass is 16.5. The fraction of sp³-hybridized carbons (Fsp3) is 0.611. The Balaban J connectivity index is 1.58. The van der Waals surface area contributed by atoms with Gasteiger partial charge in [0.15, 0.2) is 5.96 Å². The number of likely N-dealkylation sites (N-methyl/N-ethyl adjacent to an activating group) is 1. The molecule has 0 spiro atoms. The van der Waals surface area contributed by atoms with E-state index in [9.17, 15) is 0 Å². The van der Waals surface area contributed by atoms with Crippen molar-refractivity contribution in [3.63, 3.8) is 0 Å². The van der Waals surface area contributed by atoms with Crippen LogP contribution in [0.3, 0.4) is 0 Å². The minimum absolute atomic E-state index is 0.530. The topological polar surface area (TPSA) is 72.1 Å². The van der Waals surface area contributed by atoms with Gasteiger partial charge in [-0.25, -0.2) is 0 Å². The van der Waals surface area contributed by atoms with Crippen LogP contribution in [0.1, 0.15) is 26.2 Å². The average Bonchev–Trinajstić information content (AvgIpc) is 3.07. The SMILES string of the molecule is CCN1CCCC1CN=C(N)NCCCOc1ccc(OC)cc1. The largest absolute Gasteiger partial charge is 0.497 e. The van der Waals surface area contributed by atoms with Gasteiger partial charge >= 0.3 is 0 Å². The molecule has 0 radical (unpaired) electrons. The summed E-state index contributed by atoms with van der Waals surface area (Å²) >= 11 is 0. The third-order valence-electron chi connectivity index (χ3n) is 4.33. The zero-order valence-electron chi connectivity index (χ0n) is 14.8. The molecular formula is C18H30N4O2. The maximum Gasteiger partial charge on any atom is 0.188 e. The van der Waals surface area contributed by atoms with Gasteiger partial charge in [0, 0.05) is 12.6 Å². The van der Waals surface area contributed by atoms with E-state index in [-0.39, 0.29) is 0 Å². The highest BCUT2D eigenvalue weighted by molar-refractivity contribution is 5.77. The highest BCUT2D eigenvalue weighted by Crippen LogP contribution is 2.17. The summed E-state index contributed by atoms with van der Waals surface area (Å²) in [5, 5.41) is 3.15. The van der Waals surface area contributed by atoms with Crippen molar-refractivity contribution in [3.8, 4) is 11.5 Å². The van der Waals surface area contributed by atoms with E-state index in [1.165, 1.54) is 19.4 Å². The van der Waals surface area contributed by atoms with Gasteiger partial charge in [0.25, 0.3) is 0 Å². The molecule has 1 heterocycles. The van der Waals surface area contributed by atoms with Crippen LogP contribution in [-0.2, 0) is 0 Å². The van der Waals surface area contributed by atoms with Gasteiger partial charge in [-0.3, -0.25) is 9.89 Å². The van der Waals surface area contributed by atoms with Crippen LogP contribution in [0.15, 0.2) is 29.3 Å². The summed E-state index contributed by atoms with van der Waals surface area (Å²) in [6, 6.07) is 8.14. The molecule has 0 aliphatic carbocycles. The molecule has 1 fully saturated rings. The monoisotopic (exact) mass is 334 g/mol. The summed E-state index contributed by atoms with van der Waals surface area (Å²) in [5.41, 5.74) is 5.93. The summed E-state index contributed by atoms with van der Waals surface area (Å²) in [7, 11) is 1.65. The molecule has 2 rings (SSSR count). The van der Waals surface area contributed by atoms with Gasteiger partial charge in [-0.2, -0.15) is 0 Å². The Hall–Kier alpha value is -1.95. The Morgan fingerprint density at radius 2 is 2.08 bits per heavy atom. The van der Waals surface area contributed by atoms with E-state index in [0.717, 1.165) is 37.6 Å². The van der Waals surface area contributed by atoms with Gasteiger partial charge < -0.3 is 20.5 Å². The molecule has 1 aliphatic heterocycles. The van der Waals surface area contributed by atoms with Crippen molar-refractivity contribution >= 4 is 5.96 Å². The molecular weight excluding hydrogens is 304 g/mol. The van der Waals surface area contributed by atoms with Crippen molar-refractivity contribution in [2.75, 3.05) is 39.9 Å². The predicted molar refractivity (Wildman–Crippen MR) is 97.9 cm³/mol. The molecule has 1 aliphatic rings. The summed E-state index contributed by atoms with van der Waals surface area (Å²) in [5.74, 6) is 2.21. The molecule has 0 saturated carbocycles. The Labute approximate surface area is 145 Å². The van der Waals surface area contributed by atoms with Crippen LogP contribution in [0.2, 0.25) is 0 Å². The molecule has 1 saturated heterocycles. The first-order valence-electron chi connectivity index (χ1n) is 8.77. The first kappa shape index (κ1) is 18.4. The van der Waals surface area contributed by atoms with Crippen LogP contribution in [0.4, 0.5) is 0 Å². The Bertz CT molecular complexity index is 504. The third-order valence-corrected chi connectivity index (χ3v) is 4.33. The maximum atomic E-state index is 5.93. The van der Waals surface area contributed by atoms with Crippen LogP contribution < -0.4 is 20.5 Å². The number of methoxy groups -OCH3 is 1. The lowest BCUT2D eigenvalue weighted by molar-refractivity contribution is 0.273. The Morgan fingerprint density at radius 1 is 1.33 bits per heavy atom. The van der Waals surface area contributed by atoms with Gasteiger partial charge in [0.1, 0.15) is 11.5 Å². The maximum absolute atomic E-state index is 5.93. The van der Waals surface area contributed by atoms with E-state index in [1.807, 2.05) is 24.3 Å². The second-order valence-corrected chi connectivity index (χ2v) is 5.95. The third kappa shape index (κ3) is 5.92.